The molecule has 0 unspecified atom stereocenters. The molecule has 1 heterocycles. The second kappa shape index (κ2) is 7.52. The summed E-state index contributed by atoms with van der Waals surface area (Å²) in [5, 5.41) is 12.9. The van der Waals surface area contributed by atoms with E-state index in [4.69, 9.17) is 0 Å². The molecule has 3 nitrogen and oxygen atoms in total. The molecular weight excluding hydrogens is 224 g/mol. The van der Waals surface area contributed by atoms with E-state index in [0.717, 1.165) is 45.6 Å². The van der Waals surface area contributed by atoms with Gasteiger partial charge in [0.2, 0.25) is 0 Å². The minimum Gasteiger partial charge on any atom is -0.393 e. The first-order valence-electron chi connectivity index (χ1n) is 6.99. The van der Waals surface area contributed by atoms with E-state index >= 15 is 0 Å². The van der Waals surface area contributed by atoms with Gasteiger partial charge in [-0.1, -0.05) is 30.3 Å². The van der Waals surface area contributed by atoms with E-state index in [1.165, 1.54) is 12.0 Å². The third-order valence-electron chi connectivity index (χ3n) is 3.56. The second-order valence-electron chi connectivity index (χ2n) is 5.09. The second-order valence-corrected chi connectivity index (χ2v) is 5.09. The van der Waals surface area contributed by atoms with Crippen LogP contribution in [0.5, 0.6) is 0 Å². The zero-order valence-corrected chi connectivity index (χ0v) is 11.0. The van der Waals surface area contributed by atoms with Crippen molar-refractivity contribution in [3.05, 3.63) is 35.9 Å². The molecule has 0 spiro atoms. The molecule has 1 saturated heterocycles. The predicted molar refractivity (Wildman–Crippen MR) is 74.4 cm³/mol. The number of likely N-dealkylation sites (tertiary alicyclic amines) is 1. The number of aliphatic hydroxyl groups is 1. The molecule has 100 valence electrons. The van der Waals surface area contributed by atoms with Crippen molar-refractivity contribution in [3.8, 4) is 0 Å². The Morgan fingerprint density at radius 1 is 1.17 bits per heavy atom. The highest BCUT2D eigenvalue weighted by molar-refractivity contribution is 5.14. The van der Waals surface area contributed by atoms with E-state index in [1.807, 2.05) is 6.07 Å². The van der Waals surface area contributed by atoms with Crippen LogP contribution in [0.1, 0.15) is 24.8 Å². The summed E-state index contributed by atoms with van der Waals surface area (Å²) < 4.78 is 0. The highest BCUT2D eigenvalue weighted by atomic mass is 16.3. The molecule has 1 aromatic carbocycles. The van der Waals surface area contributed by atoms with Gasteiger partial charge in [-0.15, -0.1) is 0 Å². The van der Waals surface area contributed by atoms with Crippen molar-refractivity contribution in [2.24, 2.45) is 0 Å². The van der Waals surface area contributed by atoms with Crippen molar-refractivity contribution >= 4 is 0 Å². The maximum atomic E-state index is 9.42. The van der Waals surface area contributed by atoms with Crippen LogP contribution < -0.4 is 5.32 Å². The van der Waals surface area contributed by atoms with Gasteiger partial charge in [0.25, 0.3) is 0 Å². The van der Waals surface area contributed by atoms with Gasteiger partial charge < -0.3 is 15.3 Å². The molecule has 1 fully saturated rings. The van der Waals surface area contributed by atoms with E-state index in [-0.39, 0.29) is 6.10 Å². The quantitative estimate of drug-likeness (QED) is 0.751. The molecule has 0 amide bonds. The monoisotopic (exact) mass is 248 g/mol. The number of rotatable bonds is 6. The average Bonchev–Trinajstić information content (AvgIpc) is 2.42. The lowest BCUT2D eigenvalue weighted by atomic mass is 10.1. The fourth-order valence-electron chi connectivity index (χ4n) is 2.40. The maximum absolute atomic E-state index is 9.42. The van der Waals surface area contributed by atoms with Crippen molar-refractivity contribution in [2.45, 2.75) is 31.9 Å². The van der Waals surface area contributed by atoms with E-state index in [2.05, 4.69) is 34.5 Å². The molecule has 2 N–H and O–H groups in total. The summed E-state index contributed by atoms with van der Waals surface area (Å²) in [7, 11) is 0. The lowest BCUT2D eigenvalue weighted by Crippen LogP contribution is -2.37. The van der Waals surface area contributed by atoms with Crippen molar-refractivity contribution in [1.29, 1.82) is 0 Å². The molecule has 1 aliphatic heterocycles. The SMILES string of the molecule is OC1CCN(CCCNCc2ccccc2)CC1. The molecule has 0 bridgehead atoms. The summed E-state index contributed by atoms with van der Waals surface area (Å²) in [6, 6.07) is 10.5. The molecular formula is C15H24N2O. The summed E-state index contributed by atoms with van der Waals surface area (Å²) in [5.74, 6) is 0. The van der Waals surface area contributed by atoms with Crippen LogP contribution in [0.4, 0.5) is 0 Å². The number of hydrogen-bond acceptors (Lipinski definition) is 3. The molecule has 0 aliphatic carbocycles. The summed E-state index contributed by atoms with van der Waals surface area (Å²) in [6.07, 6.45) is 3.01. The first kappa shape index (κ1) is 13.5. The Morgan fingerprint density at radius 3 is 2.61 bits per heavy atom. The summed E-state index contributed by atoms with van der Waals surface area (Å²) in [4.78, 5) is 2.46. The average molecular weight is 248 g/mol. The Morgan fingerprint density at radius 2 is 1.89 bits per heavy atom. The maximum Gasteiger partial charge on any atom is 0.0564 e. The molecule has 0 aromatic heterocycles. The lowest BCUT2D eigenvalue weighted by molar-refractivity contribution is 0.0821. The van der Waals surface area contributed by atoms with E-state index in [0.29, 0.717) is 0 Å². The third kappa shape index (κ3) is 4.77. The summed E-state index contributed by atoms with van der Waals surface area (Å²) in [5.41, 5.74) is 1.35. The number of benzene rings is 1. The van der Waals surface area contributed by atoms with E-state index in [9.17, 15) is 5.11 Å². The molecule has 0 radical (unpaired) electrons. The summed E-state index contributed by atoms with van der Waals surface area (Å²) in [6.45, 7) is 5.28. The van der Waals surface area contributed by atoms with E-state index in [1.54, 1.807) is 0 Å². The van der Waals surface area contributed by atoms with Crippen LogP contribution in [0.3, 0.4) is 0 Å². The fraction of sp³-hybridized carbons (Fsp3) is 0.600. The Labute approximate surface area is 110 Å². The minimum atomic E-state index is -0.0579. The number of nitrogens with one attached hydrogen (secondary N) is 1. The van der Waals surface area contributed by atoms with Crippen LogP contribution in [0.15, 0.2) is 30.3 Å². The smallest absolute Gasteiger partial charge is 0.0564 e. The van der Waals surface area contributed by atoms with Crippen molar-refractivity contribution in [2.75, 3.05) is 26.2 Å². The standard InChI is InChI=1S/C15H24N2O/c18-15-7-11-17(12-8-15)10-4-9-16-13-14-5-2-1-3-6-14/h1-3,5-6,15-16,18H,4,7-13H2. The van der Waals surface area contributed by atoms with Gasteiger partial charge in [-0.2, -0.15) is 0 Å². The van der Waals surface area contributed by atoms with Crippen LogP contribution in [0.2, 0.25) is 0 Å². The molecule has 0 atom stereocenters. The van der Waals surface area contributed by atoms with Crippen molar-refractivity contribution in [1.82, 2.24) is 10.2 Å². The topological polar surface area (TPSA) is 35.5 Å². The van der Waals surface area contributed by atoms with Crippen molar-refractivity contribution < 1.29 is 5.11 Å². The van der Waals surface area contributed by atoms with Gasteiger partial charge in [-0.25, -0.2) is 0 Å². The predicted octanol–water partition coefficient (Wildman–Crippen LogP) is 1.62. The van der Waals surface area contributed by atoms with Gasteiger partial charge in [0.1, 0.15) is 0 Å². The minimum absolute atomic E-state index is 0.0579. The highest BCUT2D eigenvalue weighted by Gasteiger charge is 2.15. The Kier molecular flexibility index (Phi) is 5.65. The fourth-order valence-corrected chi connectivity index (χ4v) is 2.40. The van der Waals surface area contributed by atoms with Crippen LogP contribution >= 0.6 is 0 Å². The first-order chi connectivity index (χ1) is 8.84. The Hall–Kier alpha value is -0.900. The number of aliphatic hydroxyl groups excluding tert-OH is 1. The van der Waals surface area contributed by atoms with Crippen LogP contribution in [-0.4, -0.2) is 42.3 Å². The van der Waals surface area contributed by atoms with Gasteiger partial charge in [-0.05, 0) is 37.9 Å². The molecule has 3 heteroatoms. The van der Waals surface area contributed by atoms with Gasteiger partial charge in [-0.3, -0.25) is 0 Å². The molecule has 18 heavy (non-hydrogen) atoms. The first-order valence-corrected chi connectivity index (χ1v) is 6.99. The van der Waals surface area contributed by atoms with Crippen LogP contribution in [0.25, 0.3) is 0 Å². The summed E-state index contributed by atoms with van der Waals surface area (Å²) >= 11 is 0. The van der Waals surface area contributed by atoms with Crippen LogP contribution in [0, 0.1) is 0 Å². The normalized spacial score (nSPS) is 18.1. The molecule has 1 aromatic rings. The highest BCUT2D eigenvalue weighted by Crippen LogP contribution is 2.09. The number of piperidine rings is 1. The molecule has 2 rings (SSSR count). The molecule has 0 saturated carbocycles. The van der Waals surface area contributed by atoms with Crippen LogP contribution in [-0.2, 0) is 6.54 Å². The zero-order valence-electron chi connectivity index (χ0n) is 11.0. The third-order valence-corrected chi connectivity index (χ3v) is 3.56. The number of hydrogen-bond donors (Lipinski definition) is 2. The van der Waals surface area contributed by atoms with Gasteiger partial charge in [0.05, 0.1) is 6.10 Å². The largest absolute Gasteiger partial charge is 0.393 e. The van der Waals surface area contributed by atoms with Gasteiger partial charge >= 0.3 is 0 Å². The van der Waals surface area contributed by atoms with Gasteiger partial charge in [0.15, 0.2) is 0 Å². The van der Waals surface area contributed by atoms with E-state index < -0.39 is 0 Å². The molecule has 1 aliphatic rings. The Bertz CT molecular complexity index is 321. The number of nitrogens with zero attached hydrogens (tertiary/aromatic N) is 1. The van der Waals surface area contributed by atoms with Crippen molar-refractivity contribution in [3.63, 3.8) is 0 Å². The van der Waals surface area contributed by atoms with Gasteiger partial charge in [0, 0.05) is 19.6 Å². The zero-order chi connectivity index (χ0) is 12.6. The lowest BCUT2D eigenvalue weighted by Gasteiger charge is -2.29. The Balaban J connectivity index is 1.51.